The molecule has 0 atom stereocenters. The number of aromatic nitrogens is 1. The molecular weight excluding hydrogens is 134 g/mol. The number of nitrogens with zero attached hydrogens (tertiary/aromatic N) is 1. The molecule has 9 heavy (non-hydrogen) atoms. The number of hydrogen-bond donors (Lipinski definition) is 0. The molecule has 1 rings (SSSR count). The van der Waals surface area contributed by atoms with Gasteiger partial charge in [0.2, 0.25) is 0 Å². The highest BCUT2D eigenvalue weighted by molar-refractivity contribution is 6.17. The molecule has 0 amide bonds. The molecule has 0 aliphatic carbocycles. The fraction of sp³-hybridized carbons (Fsp3) is 0.429. The predicted molar refractivity (Wildman–Crippen MR) is 39.7 cm³/mol. The Hall–Kier alpha value is -0.430. The smallest absolute Gasteiger partial charge is 0.0489 e. The maximum atomic E-state index is 5.58. The monoisotopic (exact) mass is 143 g/mol. The van der Waals surface area contributed by atoms with Gasteiger partial charge in [0.25, 0.3) is 0 Å². The Labute approximate surface area is 60.2 Å². The molecule has 1 heterocycles. The van der Waals surface area contributed by atoms with Gasteiger partial charge in [-0.1, -0.05) is 0 Å². The molecule has 0 aliphatic rings. The van der Waals surface area contributed by atoms with Gasteiger partial charge in [0.05, 0.1) is 0 Å². The average molecular weight is 144 g/mol. The van der Waals surface area contributed by atoms with Crippen molar-refractivity contribution in [2.45, 2.75) is 19.3 Å². The molecule has 0 aliphatic heterocycles. The van der Waals surface area contributed by atoms with Crippen LogP contribution in [-0.4, -0.2) is 4.57 Å². The highest BCUT2D eigenvalue weighted by Crippen LogP contribution is 2.03. The van der Waals surface area contributed by atoms with Gasteiger partial charge in [-0.2, -0.15) is 0 Å². The lowest BCUT2D eigenvalue weighted by Crippen LogP contribution is -1.86. The molecule has 0 spiro atoms. The Morgan fingerprint density at radius 2 is 2.44 bits per heavy atom. The van der Waals surface area contributed by atoms with E-state index in [-0.39, 0.29) is 0 Å². The van der Waals surface area contributed by atoms with Gasteiger partial charge in [-0.05, 0) is 18.6 Å². The molecule has 0 unspecified atom stereocenters. The number of rotatable bonds is 2. The second kappa shape index (κ2) is 2.92. The minimum Gasteiger partial charge on any atom is -0.354 e. The van der Waals surface area contributed by atoms with Crippen LogP contribution in [0.3, 0.4) is 0 Å². The molecule has 0 radical (unpaired) electrons. The van der Waals surface area contributed by atoms with E-state index in [0.29, 0.717) is 5.88 Å². The summed E-state index contributed by atoms with van der Waals surface area (Å²) in [7, 11) is 0. The standard InChI is InChI=1S/C7H10ClN/c1-2-9-4-3-7(5-8)6-9/h3-4,6H,2,5H2,1H3. The van der Waals surface area contributed by atoms with Crippen LogP contribution in [0.4, 0.5) is 0 Å². The molecule has 0 fully saturated rings. The lowest BCUT2D eigenvalue weighted by molar-refractivity contribution is 0.767. The van der Waals surface area contributed by atoms with Crippen molar-refractivity contribution in [3.63, 3.8) is 0 Å². The molecular formula is C7H10ClN. The summed E-state index contributed by atoms with van der Waals surface area (Å²) in [6.45, 7) is 3.13. The molecule has 0 bridgehead atoms. The Morgan fingerprint density at radius 3 is 2.78 bits per heavy atom. The summed E-state index contributed by atoms with van der Waals surface area (Å²) in [6, 6.07) is 2.04. The van der Waals surface area contributed by atoms with Gasteiger partial charge in [0, 0.05) is 24.8 Å². The van der Waals surface area contributed by atoms with E-state index in [2.05, 4.69) is 17.7 Å². The van der Waals surface area contributed by atoms with Crippen molar-refractivity contribution in [3.05, 3.63) is 24.0 Å². The summed E-state index contributed by atoms with van der Waals surface area (Å²) in [6.07, 6.45) is 4.10. The van der Waals surface area contributed by atoms with Gasteiger partial charge < -0.3 is 4.57 Å². The number of aryl methyl sites for hydroxylation is 1. The van der Waals surface area contributed by atoms with Crippen molar-refractivity contribution in [2.75, 3.05) is 0 Å². The van der Waals surface area contributed by atoms with Crippen molar-refractivity contribution in [2.24, 2.45) is 0 Å². The fourth-order valence-corrected chi connectivity index (χ4v) is 0.924. The van der Waals surface area contributed by atoms with Crippen LogP contribution in [-0.2, 0) is 12.4 Å². The van der Waals surface area contributed by atoms with Crippen molar-refractivity contribution < 1.29 is 0 Å². The first-order valence-electron chi connectivity index (χ1n) is 3.07. The highest BCUT2D eigenvalue weighted by atomic mass is 35.5. The largest absolute Gasteiger partial charge is 0.354 e. The second-order valence-corrected chi connectivity index (χ2v) is 2.25. The van der Waals surface area contributed by atoms with E-state index in [1.54, 1.807) is 0 Å². The Kier molecular flexibility index (Phi) is 2.17. The van der Waals surface area contributed by atoms with Crippen molar-refractivity contribution in [1.29, 1.82) is 0 Å². The Balaban J connectivity index is 2.74. The zero-order valence-corrected chi connectivity index (χ0v) is 6.23. The van der Waals surface area contributed by atoms with Gasteiger partial charge in [-0.3, -0.25) is 0 Å². The molecule has 0 N–H and O–H groups in total. The fourth-order valence-electron chi connectivity index (χ4n) is 0.766. The van der Waals surface area contributed by atoms with Gasteiger partial charge in [-0.15, -0.1) is 11.6 Å². The normalized spacial score (nSPS) is 10.0. The molecule has 50 valence electrons. The summed E-state index contributed by atoms with van der Waals surface area (Å²) >= 11 is 5.58. The topological polar surface area (TPSA) is 4.93 Å². The maximum Gasteiger partial charge on any atom is 0.0489 e. The summed E-state index contributed by atoms with van der Waals surface area (Å²) in [4.78, 5) is 0. The maximum absolute atomic E-state index is 5.58. The summed E-state index contributed by atoms with van der Waals surface area (Å²) in [5, 5.41) is 0. The van der Waals surface area contributed by atoms with Gasteiger partial charge in [-0.25, -0.2) is 0 Å². The van der Waals surface area contributed by atoms with Gasteiger partial charge in [0.15, 0.2) is 0 Å². The summed E-state index contributed by atoms with van der Waals surface area (Å²) < 4.78 is 2.11. The van der Waals surface area contributed by atoms with Gasteiger partial charge >= 0.3 is 0 Å². The van der Waals surface area contributed by atoms with E-state index >= 15 is 0 Å². The van der Waals surface area contributed by atoms with E-state index in [1.165, 1.54) is 5.56 Å². The van der Waals surface area contributed by atoms with Crippen LogP contribution in [0.25, 0.3) is 0 Å². The number of hydrogen-bond acceptors (Lipinski definition) is 0. The number of halogens is 1. The van der Waals surface area contributed by atoms with E-state index in [0.717, 1.165) is 6.54 Å². The zero-order valence-electron chi connectivity index (χ0n) is 5.47. The molecule has 0 saturated heterocycles. The quantitative estimate of drug-likeness (QED) is 0.560. The lowest BCUT2D eigenvalue weighted by atomic mass is 10.4. The van der Waals surface area contributed by atoms with Crippen LogP contribution >= 0.6 is 11.6 Å². The zero-order chi connectivity index (χ0) is 6.69. The van der Waals surface area contributed by atoms with Crippen LogP contribution in [0.1, 0.15) is 12.5 Å². The Morgan fingerprint density at radius 1 is 1.67 bits per heavy atom. The first-order valence-corrected chi connectivity index (χ1v) is 3.61. The number of alkyl halides is 1. The predicted octanol–water partition coefficient (Wildman–Crippen LogP) is 2.25. The molecule has 0 aromatic carbocycles. The van der Waals surface area contributed by atoms with Crippen LogP contribution in [0.15, 0.2) is 18.5 Å². The molecule has 1 aromatic rings. The lowest BCUT2D eigenvalue weighted by Gasteiger charge is -1.91. The Bertz CT molecular complexity index is 162. The van der Waals surface area contributed by atoms with Crippen LogP contribution in [0, 0.1) is 0 Å². The van der Waals surface area contributed by atoms with Gasteiger partial charge in [0.1, 0.15) is 0 Å². The van der Waals surface area contributed by atoms with Crippen molar-refractivity contribution in [3.8, 4) is 0 Å². The third-order valence-corrected chi connectivity index (χ3v) is 1.64. The third kappa shape index (κ3) is 1.49. The second-order valence-electron chi connectivity index (χ2n) is 1.98. The summed E-state index contributed by atoms with van der Waals surface area (Å²) in [5.74, 6) is 0.618. The van der Waals surface area contributed by atoms with E-state index in [9.17, 15) is 0 Å². The van der Waals surface area contributed by atoms with Crippen LogP contribution in [0.5, 0.6) is 0 Å². The van der Waals surface area contributed by atoms with Crippen LogP contribution in [0.2, 0.25) is 0 Å². The minimum absolute atomic E-state index is 0.618. The molecule has 0 saturated carbocycles. The van der Waals surface area contributed by atoms with E-state index in [1.807, 2.05) is 12.3 Å². The summed E-state index contributed by atoms with van der Waals surface area (Å²) in [5.41, 5.74) is 1.19. The molecule has 1 aromatic heterocycles. The van der Waals surface area contributed by atoms with E-state index in [4.69, 9.17) is 11.6 Å². The molecule has 1 nitrogen and oxygen atoms in total. The minimum atomic E-state index is 0.618. The first kappa shape index (κ1) is 6.69. The average Bonchev–Trinajstić information content (AvgIpc) is 2.34. The van der Waals surface area contributed by atoms with E-state index < -0.39 is 0 Å². The third-order valence-electron chi connectivity index (χ3n) is 1.33. The molecule has 2 heteroatoms. The first-order chi connectivity index (χ1) is 4.36. The SMILES string of the molecule is CCn1ccc(CCl)c1. The van der Waals surface area contributed by atoms with Crippen molar-refractivity contribution in [1.82, 2.24) is 4.57 Å². The van der Waals surface area contributed by atoms with Crippen LogP contribution < -0.4 is 0 Å². The van der Waals surface area contributed by atoms with Crippen molar-refractivity contribution >= 4 is 11.6 Å². The highest BCUT2D eigenvalue weighted by Gasteiger charge is 1.90.